The van der Waals surface area contributed by atoms with Crippen molar-refractivity contribution in [2.45, 2.75) is 32.2 Å². The highest BCUT2D eigenvalue weighted by atomic mass is 79.9. The number of rotatable bonds is 3. The van der Waals surface area contributed by atoms with E-state index in [2.05, 4.69) is 44.1 Å². The van der Waals surface area contributed by atoms with Crippen LogP contribution >= 0.6 is 43.2 Å². The number of halogens is 2. The molecule has 2 nitrogen and oxygen atoms in total. The van der Waals surface area contributed by atoms with Crippen molar-refractivity contribution >= 4 is 49.1 Å². The SMILES string of the molecule is CC(NC(=O)c1cc(Br)sc1Br)C1CCC1. The van der Waals surface area contributed by atoms with Crippen molar-refractivity contribution in [2.24, 2.45) is 5.92 Å². The first kappa shape index (κ1) is 12.6. The summed E-state index contributed by atoms with van der Waals surface area (Å²) in [6.07, 6.45) is 3.80. The highest BCUT2D eigenvalue weighted by molar-refractivity contribution is 9.12. The van der Waals surface area contributed by atoms with Gasteiger partial charge in [0.1, 0.15) is 0 Å². The van der Waals surface area contributed by atoms with Crippen molar-refractivity contribution < 1.29 is 4.79 Å². The molecule has 0 aliphatic heterocycles. The standard InChI is InChI=1S/C11H13Br2NOS/c1-6(7-3-2-4-7)14-11(15)8-5-9(12)16-10(8)13/h5-7H,2-4H2,1H3,(H,14,15). The van der Waals surface area contributed by atoms with Crippen LogP contribution in [0.15, 0.2) is 13.6 Å². The maximum absolute atomic E-state index is 12.0. The van der Waals surface area contributed by atoms with E-state index in [0.717, 1.165) is 13.1 Å². The number of thiophene rings is 1. The highest BCUT2D eigenvalue weighted by Gasteiger charge is 2.26. The van der Waals surface area contributed by atoms with Crippen LogP contribution < -0.4 is 5.32 Å². The van der Waals surface area contributed by atoms with Crippen molar-refractivity contribution in [1.29, 1.82) is 0 Å². The number of amides is 1. The van der Waals surface area contributed by atoms with Crippen LogP contribution in [0.1, 0.15) is 36.5 Å². The molecule has 1 aromatic heterocycles. The lowest BCUT2D eigenvalue weighted by atomic mass is 9.80. The summed E-state index contributed by atoms with van der Waals surface area (Å²) in [5, 5.41) is 3.07. The summed E-state index contributed by atoms with van der Waals surface area (Å²) in [6.45, 7) is 2.09. The second-order valence-corrected chi connectivity index (χ2v) is 7.94. The Bertz CT molecular complexity index is 401. The Kier molecular flexibility index (Phi) is 4.08. The molecule has 0 saturated heterocycles. The van der Waals surface area contributed by atoms with Gasteiger partial charge in [-0.2, -0.15) is 0 Å². The first-order chi connectivity index (χ1) is 7.58. The zero-order chi connectivity index (χ0) is 11.7. The first-order valence-corrected chi connectivity index (χ1v) is 7.74. The van der Waals surface area contributed by atoms with E-state index in [1.54, 1.807) is 0 Å². The summed E-state index contributed by atoms with van der Waals surface area (Å²) in [5.41, 5.74) is 0.725. The van der Waals surface area contributed by atoms with Gasteiger partial charge < -0.3 is 5.32 Å². The molecule has 1 aromatic rings. The Morgan fingerprint density at radius 1 is 1.56 bits per heavy atom. The molecule has 2 rings (SSSR count). The monoisotopic (exact) mass is 365 g/mol. The van der Waals surface area contributed by atoms with Crippen LogP contribution in [-0.4, -0.2) is 11.9 Å². The molecule has 0 bridgehead atoms. The number of hydrogen-bond donors (Lipinski definition) is 1. The molecule has 1 atom stereocenters. The lowest BCUT2D eigenvalue weighted by Crippen LogP contribution is -2.40. The minimum atomic E-state index is 0.0215. The van der Waals surface area contributed by atoms with E-state index >= 15 is 0 Å². The predicted molar refractivity (Wildman–Crippen MR) is 74.0 cm³/mol. The fourth-order valence-electron chi connectivity index (χ4n) is 1.84. The van der Waals surface area contributed by atoms with Gasteiger partial charge in [-0.25, -0.2) is 0 Å². The lowest BCUT2D eigenvalue weighted by molar-refractivity contribution is 0.0909. The fraction of sp³-hybridized carbons (Fsp3) is 0.545. The molecule has 1 amide bonds. The Hall–Kier alpha value is 0.130. The molecule has 1 unspecified atom stereocenters. The van der Waals surface area contributed by atoms with Gasteiger partial charge in [0, 0.05) is 6.04 Å². The lowest BCUT2D eigenvalue weighted by Gasteiger charge is -2.31. The largest absolute Gasteiger partial charge is 0.349 e. The molecule has 1 heterocycles. The van der Waals surface area contributed by atoms with Gasteiger partial charge >= 0.3 is 0 Å². The van der Waals surface area contributed by atoms with Gasteiger partial charge in [0.15, 0.2) is 0 Å². The van der Waals surface area contributed by atoms with Gasteiger partial charge in [0.25, 0.3) is 5.91 Å². The van der Waals surface area contributed by atoms with Crippen LogP contribution in [0.4, 0.5) is 0 Å². The molecule has 1 N–H and O–H groups in total. The third-order valence-corrected chi connectivity index (χ3v) is 5.46. The molecule has 16 heavy (non-hydrogen) atoms. The van der Waals surface area contributed by atoms with E-state index in [-0.39, 0.29) is 11.9 Å². The topological polar surface area (TPSA) is 29.1 Å². The van der Waals surface area contributed by atoms with Gasteiger partial charge in [0.2, 0.25) is 0 Å². The average molecular weight is 367 g/mol. The smallest absolute Gasteiger partial charge is 0.253 e. The highest BCUT2D eigenvalue weighted by Crippen LogP contribution is 2.33. The van der Waals surface area contributed by atoms with E-state index in [1.165, 1.54) is 30.6 Å². The molecule has 5 heteroatoms. The van der Waals surface area contributed by atoms with E-state index in [0.29, 0.717) is 5.92 Å². The summed E-state index contributed by atoms with van der Waals surface area (Å²) in [5.74, 6) is 0.693. The third-order valence-electron chi connectivity index (χ3n) is 3.12. The average Bonchev–Trinajstić information content (AvgIpc) is 2.41. The molecule has 1 aliphatic carbocycles. The molecule has 1 fully saturated rings. The van der Waals surface area contributed by atoms with Gasteiger partial charge in [-0.1, -0.05) is 6.42 Å². The molecular formula is C11H13Br2NOS. The molecule has 88 valence electrons. The van der Waals surface area contributed by atoms with Crippen molar-refractivity contribution in [3.05, 3.63) is 19.2 Å². The number of hydrogen-bond acceptors (Lipinski definition) is 2. The normalized spacial score (nSPS) is 17.9. The van der Waals surface area contributed by atoms with Crippen molar-refractivity contribution in [3.8, 4) is 0 Å². The Balaban J connectivity index is 1.99. The van der Waals surface area contributed by atoms with Gasteiger partial charge in [-0.3, -0.25) is 4.79 Å². The van der Waals surface area contributed by atoms with Gasteiger partial charge in [-0.15, -0.1) is 11.3 Å². The molecule has 0 aromatic carbocycles. The van der Waals surface area contributed by atoms with Crippen LogP contribution in [0.25, 0.3) is 0 Å². The van der Waals surface area contributed by atoms with Gasteiger partial charge in [0.05, 0.1) is 13.1 Å². The van der Waals surface area contributed by atoms with E-state index in [1.807, 2.05) is 6.07 Å². The minimum absolute atomic E-state index is 0.0215. The molecule has 1 aliphatic rings. The number of carbonyl (C=O) groups excluding carboxylic acids is 1. The summed E-state index contributed by atoms with van der Waals surface area (Å²) in [6, 6.07) is 2.14. The van der Waals surface area contributed by atoms with E-state index < -0.39 is 0 Å². The second-order valence-electron chi connectivity index (χ2n) is 4.19. The van der Waals surface area contributed by atoms with Gasteiger partial charge in [-0.05, 0) is 63.6 Å². The zero-order valence-electron chi connectivity index (χ0n) is 8.93. The molecule has 0 spiro atoms. The number of carbonyl (C=O) groups is 1. The number of nitrogens with one attached hydrogen (secondary N) is 1. The molecular weight excluding hydrogens is 354 g/mol. The summed E-state index contributed by atoms with van der Waals surface area (Å²) in [4.78, 5) is 12.0. The van der Waals surface area contributed by atoms with E-state index in [4.69, 9.17) is 0 Å². The van der Waals surface area contributed by atoms with Crippen molar-refractivity contribution in [1.82, 2.24) is 5.32 Å². The summed E-state index contributed by atoms with van der Waals surface area (Å²) in [7, 11) is 0. The van der Waals surface area contributed by atoms with Crippen molar-refractivity contribution in [2.75, 3.05) is 0 Å². The van der Waals surface area contributed by atoms with Crippen LogP contribution in [0.5, 0.6) is 0 Å². The fourth-order valence-corrected chi connectivity index (χ4v) is 4.63. The first-order valence-electron chi connectivity index (χ1n) is 5.33. The summed E-state index contributed by atoms with van der Waals surface area (Å²) < 4.78 is 1.86. The quantitative estimate of drug-likeness (QED) is 0.853. The zero-order valence-corrected chi connectivity index (χ0v) is 12.9. The maximum atomic E-state index is 12.0. The van der Waals surface area contributed by atoms with Crippen molar-refractivity contribution in [3.63, 3.8) is 0 Å². The third kappa shape index (κ3) is 2.68. The molecule has 0 radical (unpaired) electrons. The summed E-state index contributed by atoms with van der Waals surface area (Å²) >= 11 is 8.31. The van der Waals surface area contributed by atoms with Crippen LogP contribution in [0.3, 0.4) is 0 Å². The Labute approximate surface area is 116 Å². The minimum Gasteiger partial charge on any atom is -0.349 e. The Morgan fingerprint density at radius 3 is 2.69 bits per heavy atom. The Morgan fingerprint density at radius 2 is 2.25 bits per heavy atom. The van der Waals surface area contributed by atoms with E-state index in [9.17, 15) is 4.79 Å². The predicted octanol–water partition coefficient (Wildman–Crippen LogP) is 4.19. The maximum Gasteiger partial charge on any atom is 0.253 e. The van der Waals surface area contributed by atoms with Crippen LogP contribution in [-0.2, 0) is 0 Å². The van der Waals surface area contributed by atoms with Crippen LogP contribution in [0, 0.1) is 5.92 Å². The molecule has 1 saturated carbocycles. The second kappa shape index (κ2) is 5.19. The van der Waals surface area contributed by atoms with Crippen LogP contribution in [0.2, 0.25) is 0 Å².